The number of benzene rings is 1. The molecule has 1 aromatic carbocycles. The van der Waals surface area contributed by atoms with Gasteiger partial charge in [0.1, 0.15) is 9.37 Å². The lowest BCUT2D eigenvalue weighted by Crippen LogP contribution is -2.46. The minimum absolute atomic E-state index is 0.188. The van der Waals surface area contributed by atoms with Crippen LogP contribution in [0.5, 0.6) is 0 Å². The second-order valence-corrected chi connectivity index (χ2v) is 9.52. The average Bonchev–Trinajstić information content (AvgIpc) is 2.89. The molecule has 0 bridgehead atoms. The number of carboxylic acids is 2. The standard InChI is InChI=1S/C19H22INO6/c1-11-15(12(2)27-21-11)14-7-5-13(6-8-14)9-19(16(22)23,17(24)25)10-26-18(3,4)20/h5-8H,9-10H2,1-4H3,(H,22,23)(H,24,25). The van der Waals surface area contributed by atoms with Crippen LogP contribution < -0.4 is 0 Å². The van der Waals surface area contributed by atoms with E-state index < -0.39 is 27.6 Å². The molecule has 27 heavy (non-hydrogen) atoms. The molecule has 1 aromatic heterocycles. The Balaban J connectivity index is 2.32. The van der Waals surface area contributed by atoms with E-state index in [2.05, 4.69) is 5.16 Å². The van der Waals surface area contributed by atoms with Crippen LogP contribution in [0.4, 0.5) is 0 Å². The monoisotopic (exact) mass is 487 g/mol. The molecule has 2 rings (SSSR count). The van der Waals surface area contributed by atoms with E-state index in [-0.39, 0.29) is 6.42 Å². The second-order valence-electron chi connectivity index (χ2n) is 6.92. The molecule has 0 unspecified atom stereocenters. The van der Waals surface area contributed by atoms with E-state index in [0.717, 1.165) is 16.8 Å². The summed E-state index contributed by atoms with van der Waals surface area (Å²) in [6.45, 7) is 6.69. The number of carbonyl (C=O) groups is 2. The third kappa shape index (κ3) is 4.86. The van der Waals surface area contributed by atoms with Crippen molar-refractivity contribution >= 4 is 34.5 Å². The first-order valence-electron chi connectivity index (χ1n) is 8.28. The van der Waals surface area contributed by atoms with Gasteiger partial charge < -0.3 is 19.5 Å². The van der Waals surface area contributed by atoms with Gasteiger partial charge in [-0.25, -0.2) is 0 Å². The van der Waals surface area contributed by atoms with Crippen molar-refractivity contribution in [2.75, 3.05) is 6.61 Å². The summed E-state index contributed by atoms with van der Waals surface area (Å²) in [5.41, 5.74) is 1.02. The van der Waals surface area contributed by atoms with Gasteiger partial charge >= 0.3 is 11.9 Å². The van der Waals surface area contributed by atoms with Crippen LogP contribution in [0.2, 0.25) is 0 Å². The van der Waals surface area contributed by atoms with E-state index in [9.17, 15) is 19.8 Å². The fraction of sp³-hybridized carbons (Fsp3) is 0.421. The SMILES string of the molecule is Cc1noc(C)c1-c1ccc(CC(COC(C)(C)I)(C(=O)O)C(=O)O)cc1. The number of rotatable bonds is 8. The average molecular weight is 487 g/mol. The van der Waals surface area contributed by atoms with Crippen LogP contribution in [0.1, 0.15) is 30.9 Å². The third-order valence-corrected chi connectivity index (χ3v) is 4.57. The van der Waals surface area contributed by atoms with Crippen LogP contribution in [0.15, 0.2) is 28.8 Å². The second kappa shape index (κ2) is 7.97. The quantitative estimate of drug-likeness (QED) is 0.331. The van der Waals surface area contributed by atoms with Gasteiger partial charge in [0.15, 0.2) is 5.41 Å². The molecule has 0 atom stereocenters. The van der Waals surface area contributed by atoms with Gasteiger partial charge in [-0.15, -0.1) is 0 Å². The van der Waals surface area contributed by atoms with Gasteiger partial charge in [0.05, 0.1) is 12.3 Å². The maximum absolute atomic E-state index is 11.8. The molecule has 0 saturated carbocycles. The summed E-state index contributed by atoms with van der Waals surface area (Å²) >= 11 is 1.99. The van der Waals surface area contributed by atoms with Gasteiger partial charge in [-0.3, -0.25) is 9.59 Å². The minimum Gasteiger partial charge on any atom is -0.480 e. The molecule has 0 aliphatic heterocycles. The number of hydrogen-bond acceptors (Lipinski definition) is 5. The highest BCUT2D eigenvalue weighted by Gasteiger charge is 2.48. The van der Waals surface area contributed by atoms with Gasteiger partial charge in [-0.2, -0.15) is 0 Å². The summed E-state index contributed by atoms with van der Waals surface area (Å²) in [6, 6.07) is 7.05. The van der Waals surface area contributed by atoms with Crippen molar-refractivity contribution in [2.45, 2.75) is 37.7 Å². The Morgan fingerprint density at radius 2 is 1.70 bits per heavy atom. The van der Waals surface area contributed by atoms with Gasteiger partial charge in [0.25, 0.3) is 0 Å². The highest BCUT2D eigenvalue weighted by Crippen LogP contribution is 2.31. The fourth-order valence-corrected chi connectivity index (χ4v) is 2.90. The summed E-state index contributed by atoms with van der Waals surface area (Å²) in [5.74, 6) is -2.17. The molecule has 146 valence electrons. The van der Waals surface area contributed by atoms with Crippen molar-refractivity contribution in [3.05, 3.63) is 41.3 Å². The Morgan fingerprint density at radius 1 is 1.15 bits per heavy atom. The van der Waals surface area contributed by atoms with Gasteiger partial charge in [-0.05, 0) is 61.4 Å². The van der Waals surface area contributed by atoms with Crippen molar-refractivity contribution in [3.8, 4) is 11.1 Å². The van der Waals surface area contributed by atoms with Gasteiger partial charge in [-0.1, -0.05) is 29.4 Å². The predicted molar refractivity (Wildman–Crippen MR) is 107 cm³/mol. The third-order valence-electron chi connectivity index (χ3n) is 4.26. The number of hydrogen-bond donors (Lipinski definition) is 2. The minimum atomic E-state index is -2.06. The lowest BCUT2D eigenvalue weighted by molar-refractivity contribution is -0.171. The number of carboxylic acid groups (broad SMARTS) is 2. The molecule has 1 heterocycles. The Bertz CT molecular complexity index is 801. The van der Waals surface area contributed by atoms with Gasteiger partial charge in [0, 0.05) is 12.0 Å². The van der Waals surface area contributed by atoms with E-state index in [4.69, 9.17) is 9.26 Å². The Kier molecular flexibility index (Phi) is 6.31. The van der Waals surface area contributed by atoms with Crippen molar-refractivity contribution in [1.29, 1.82) is 0 Å². The number of nitrogens with zero attached hydrogens (tertiary/aromatic N) is 1. The molecule has 0 saturated heterocycles. The first-order chi connectivity index (χ1) is 12.5. The molecule has 8 heteroatoms. The van der Waals surface area contributed by atoms with Crippen molar-refractivity contribution in [3.63, 3.8) is 0 Å². The van der Waals surface area contributed by atoms with Crippen LogP contribution in [0.25, 0.3) is 11.1 Å². The van der Waals surface area contributed by atoms with Crippen LogP contribution >= 0.6 is 22.6 Å². The molecule has 0 aliphatic carbocycles. The maximum Gasteiger partial charge on any atom is 0.323 e. The van der Waals surface area contributed by atoms with Crippen molar-refractivity contribution in [1.82, 2.24) is 5.16 Å². The predicted octanol–water partition coefficient (Wildman–Crippen LogP) is 3.84. The molecule has 0 fully saturated rings. The van der Waals surface area contributed by atoms with Gasteiger partial charge in [0.2, 0.25) is 0 Å². The van der Waals surface area contributed by atoms with E-state index in [1.54, 1.807) is 38.1 Å². The van der Waals surface area contributed by atoms with Crippen LogP contribution in [-0.2, 0) is 20.7 Å². The number of halogens is 1. The van der Waals surface area contributed by atoms with E-state index >= 15 is 0 Å². The number of ether oxygens (including phenoxy) is 1. The molecule has 0 aliphatic rings. The van der Waals surface area contributed by atoms with Crippen LogP contribution in [0.3, 0.4) is 0 Å². The molecule has 2 N–H and O–H groups in total. The number of aliphatic carboxylic acids is 2. The zero-order chi connectivity index (χ0) is 20.4. The Labute approximate surface area is 170 Å². The molecule has 0 radical (unpaired) electrons. The number of aromatic nitrogens is 1. The zero-order valence-corrected chi connectivity index (χ0v) is 17.7. The molecule has 0 amide bonds. The molecular formula is C19H22INO6. The summed E-state index contributed by atoms with van der Waals surface area (Å²) in [4.78, 5) is 23.7. The van der Waals surface area contributed by atoms with Crippen molar-refractivity contribution in [2.24, 2.45) is 5.41 Å². The highest BCUT2D eigenvalue weighted by atomic mass is 127. The van der Waals surface area contributed by atoms with Crippen LogP contribution in [0, 0.1) is 19.3 Å². The molecule has 7 nitrogen and oxygen atoms in total. The lowest BCUT2D eigenvalue weighted by Gasteiger charge is -2.28. The first kappa shape index (κ1) is 21.4. The summed E-state index contributed by atoms with van der Waals surface area (Å²) in [5, 5.41) is 23.2. The number of alkyl halides is 1. The number of aryl methyl sites for hydroxylation is 2. The molecule has 2 aromatic rings. The topological polar surface area (TPSA) is 110 Å². The van der Waals surface area contributed by atoms with E-state index in [1.165, 1.54) is 0 Å². The van der Waals surface area contributed by atoms with E-state index in [0.29, 0.717) is 11.3 Å². The largest absolute Gasteiger partial charge is 0.480 e. The maximum atomic E-state index is 11.8. The summed E-state index contributed by atoms with van der Waals surface area (Å²) in [7, 11) is 0. The van der Waals surface area contributed by atoms with Crippen LogP contribution in [-0.4, -0.2) is 37.5 Å². The van der Waals surface area contributed by atoms with E-state index in [1.807, 2.05) is 36.4 Å². The summed E-state index contributed by atoms with van der Waals surface area (Å²) in [6.07, 6.45) is -0.188. The lowest BCUT2D eigenvalue weighted by atomic mass is 9.82. The van der Waals surface area contributed by atoms with Crippen molar-refractivity contribution < 1.29 is 29.1 Å². The summed E-state index contributed by atoms with van der Waals surface area (Å²) < 4.78 is 9.99. The zero-order valence-electron chi connectivity index (χ0n) is 15.6. The highest BCUT2D eigenvalue weighted by molar-refractivity contribution is 14.1. The normalized spacial score (nSPS) is 12.2. The smallest absolute Gasteiger partial charge is 0.323 e. The Hall–Kier alpha value is -1.94. The Morgan fingerprint density at radius 3 is 2.11 bits per heavy atom. The molecular weight excluding hydrogens is 465 g/mol. The molecule has 0 spiro atoms. The first-order valence-corrected chi connectivity index (χ1v) is 9.36. The fourth-order valence-electron chi connectivity index (χ4n) is 2.74.